The summed E-state index contributed by atoms with van der Waals surface area (Å²) in [7, 11) is 0. The molecule has 0 saturated carbocycles. The van der Waals surface area contributed by atoms with Crippen molar-refractivity contribution in [2.45, 2.75) is 26.1 Å². The van der Waals surface area contributed by atoms with E-state index in [9.17, 15) is 18.0 Å². The molecular formula is C25H20ClF3N4O2. The maximum atomic E-state index is 13.3. The fourth-order valence-electron chi connectivity index (χ4n) is 3.25. The molecule has 0 spiro atoms. The third-order valence-electron chi connectivity index (χ3n) is 4.85. The summed E-state index contributed by atoms with van der Waals surface area (Å²) in [5, 5.41) is 7.64. The molecular weight excluding hydrogens is 481 g/mol. The summed E-state index contributed by atoms with van der Waals surface area (Å²) >= 11 is 5.86. The lowest BCUT2D eigenvalue weighted by atomic mass is 10.1. The number of carbonyl (C=O) groups is 1. The Balaban J connectivity index is 1.65. The number of amides is 1. The van der Waals surface area contributed by atoms with Gasteiger partial charge in [-0.2, -0.15) is 18.2 Å². The third kappa shape index (κ3) is 5.81. The molecule has 1 heterocycles. The number of aromatic nitrogens is 3. The molecule has 10 heteroatoms. The molecule has 1 aromatic heterocycles. The molecule has 3 aromatic carbocycles. The average molecular weight is 501 g/mol. The Morgan fingerprint density at radius 2 is 1.71 bits per heavy atom. The van der Waals surface area contributed by atoms with Crippen molar-refractivity contribution in [3.05, 3.63) is 88.9 Å². The van der Waals surface area contributed by atoms with Gasteiger partial charge in [0, 0.05) is 21.8 Å². The number of rotatable bonds is 6. The molecule has 180 valence electrons. The molecule has 0 bridgehead atoms. The molecule has 6 nitrogen and oxygen atoms in total. The van der Waals surface area contributed by atoms with Gasteiger partial charge in [0.25, 0.3) is 5.91 Å². The number of nitrogens with one attached hydrogen (secondary N) is 1. The molecule has 4 rings (SSSR count). The zero-order valence-corrected chi connectivity index (χ0v) is 19.4. The first-order chi connectivity index (χ1) is 16.6. The van der Waals surface area contributed by atoms with Crippen molar-refractivity contribution in [1.82, 2.24) is 14.8 Å². The smallest absolute Gasteiger partial charge is 0.416 e. The van der Waals surface area contributed by atoms with Gasteiger partial charge in [-0.05, 0) is 74.5 Å². The first kappa shape index (κ1) is 24.3. The van der Waals surface area contributed by atoms with E-state index in [0.29, 0.717) is 22.0 Å². The molecule has 0 aliphatic rings. The van der Waals surface area contributed by atoms with E-state index in [-0.39, 0.29) is 29.4 Å². The lowest BCUT2D eigenvalue weighted by Crippen LogP contribution is -2.11. The zero-order chi connectivity index (χ0) is 25.2. The predicted octanol–water partition coefficient (Wildman–Crippen LogP) is 6.65. The van der Waals surface area contributed by atoms with Gasteiger partial charge in [-0.3, -0.25) is 4.79 Å². The van der Waals surface area contributed by atoms with Gasteiger partial charge in [-0.25, -0.2) is 4.68 Å². The number of ether oxygens (including phenoxy) is 1. The second-order valence-electron chi connectivity index (χ2n) is 7.88. The Labute approximate surface area is 204 Å². The average Bonchev–Trinajstić information content (AvgIpc) is 3.22. The molecule has 1 N–H and O–H groups in total. The highest BCUT2D eigenvalue weighted by Crippen LogP contribution is 2.33. The van der Waals surface area contributed by atoms with Gasteiger partial charge in [0.05, 0.1) is 17.4 Å². The van der Waals surface area contributed by atoms with Crippen LogP contribution < -0.4 is 10.1 Å². The topological polar surface area (TPSA) is 69.0 Å². The van der Waals surface area contributed by atoms with Crippen LogP contribution in [-0.2, 0) is 6.18 Å². The number of halogens is 4. The van der Waals surface area contributed by atoms with Crippen molar-refractivity contribution in [2.75, 3.05) is 5.32 Å². The SMILES string of the molecule is CC(C)Oc1nc(-c2cccc(C(F)(F)F)c2)n(-c2ccc(NC(=O)c3ccc(Cl)cc3)cc2)n1. The standard InChI is InChI=1S/C25H20ClF3N4O2/c1-15(2)35-24-31-22(17-4-3-5-18(14-17)25(27,28)29)33(32-24)21-12-10-20(11-13-21)30-23(34)16-6-8-19(26)9-7-16/h3-15H,1-2H3,(H,30,34). The molecule has 0 fully saturated rings. The van der Waals surface area contributed by atoms with Gasteiger partial charge in [0.15, 0.2) is 5.82 Å². The normalized spacial score (nSPS) is 11.5. The van der Waals surface area contributed by atoms with E-state index in [4.69, 9.17) is 16.3 Å². The molecule has 35 heavy (non-hydrogen) atoms. The molecule has 1 amide bonds. The molecule has 0 aliphatic heterocycles. The summed E-state index contributed by atoms with van der Waals surface area (Å²) in [6.07, 6.45) is -4.73. The highest BCUT2D eigenvalue weighted by atomic mass is 35.5. The van der Waals surface area contributed by atoms with Gasteiger partial charge in [-0.1, -0.05) is 23.7 Å². The number of hydrogen-bond acceptors (Lipinski definition) is 4. The summed E-state index contributed by atoms with van der Waals surface area (Å²) in [5.74, 6) is -0.128. The van der Waals surface area contributed by atoms with Crippen LogP contribution in [0.1, 0.15) is 29.8 Å². The summed E-state index contributed by atoms with van der Waals surface area (Å²) in [4.78, 5) is 16.8. The molecule has 0 unspecified atom stereocenters. The Morgan fingerprint density at radius 3 is 2.34 bits per heavy atom. The van der Waals surface area contributed by atoms with Gasteiger partial charge in [0.2, 0.25) is 0 Å². The monoisotopic (exact) mass is 500 g/mol. The molecule has 0 saturated heterocycles. The minimum atomic E-state index is -4.50. The number of nitrogens with zero attached hydrogens (tertiary/aromatic N) is 3. The van der Waals surface area contributed by atoms with E-state index in [2.05, 4.69) is 15.4 Å². The van der Waals surface area contributed by atoms with E-state index in [1.807, 2.05) is 0 Å². The van der Waals surface area contributed by atoms with Crippen LogP contribution in [0.25, 0.3) is 17.1 Å². The molecule has 0 radical (unpaired) electrons. The summed E-state index contributed by atoms with van der Waals surface area (Å²) in [6, 6.07) is 18.0. The lowest BCUT2D eigenvalue weighted by molar-refractivity contribution is -0.137. The van der Waals surface area contributed by atoms with E-state index in [1.54, 1.807) is 62.4 Å². The Kier molecular flexibility index (Phi) is 6.79. The van der Waals surface area contributed by atoms with Crippen LogP contribution in [0.4, 0.5) is 18.9 Å². The second-order valence-corrected chi connectivity index (χ2v) is 8.32. The van der Waals surface area contributed by atoms with Crippen molar-refractivity contribution in [1.29, 1.82) is 0 Å². The number of carbonyl (C=O) groups excluding carboxylic acids is 1. The predicted molar refractivity (Wildman–Crippen MR) is 127 cm³/mol. The van der Waals surface area contributed by atoms with Crippen LogP contribution in [0.2, 0.25) is 5.02 Å². The van der Waals surface area contributed by atoms with Crippen LogP contribution >= 0.6 is 11.6 Å². The van der Waals surface area contributed by atoms with Gasteiger partial charge >= 0.3 is 12.2 Å². The van der Waals surface area contributed by atoms with Gasteiger partial charge in [-0.15, -0.1) is 5.10 Å². The van der Waals surface area contributed by atoms with Crippen LogP contribution in [0.5, 0.6) is 6.01 Å². The van der Waals surface area contributed by atoms with Gasteiger partial charge in [0.1, 0.15) is 0 Å². The van der Waals surface area contributed by atoms with Crippen LogP contribution in [0.15, 0.2) is 72.8 Å². The summed E-state index contributed by atoms with van der Waals surface area (Å²) in [6.45, 7) is 3.59. The van der Waals surface area contributed by atoms with E-state index >= 15 is 0 Å². The van der Waals surface area contributed by atoms with Gasteiger partial charge < -0.3 is 10.1 Å². The Bertz CT molecular complexity index is 1330. The number of alkyl halides is 3. The van der Waals surface area contributed by atoms with Crippen molar-refractivity contribution in [3.8, 4) is 23.1 Å². The lowest BCUT2D eigenvalue weighted by Gasteiger charge is -2.10. The van der Waals surface area contributed by atoms with E-state index in [1.165, 1.54) is 16.8 Å². The first-order valence-corrected chi connectivity index (χ1v) is 11.0. The third-order valence-corrected chi connectivity index (χ3v) is 5.11. The summed E-state index contributed by atoms with van der Waals surface area (Å²) < 4.78 is 46.8. The molecule has 0 aliphatic carbocycles. The van der Waals surface area contributed by atoms with Crippen LogP contribution in [0.3, 0.4) is 0 Å². The maximum Gasteiger partial charge on any atom is 0.416 e. The Hall–Kier alpha value is -3.85. The molecule has 0 atom stereocenters. The zero-order valence-electron chi connectivity index (χ0n) is 18.7. The number of hydrogen-bond donors (Lipinski definition) is 1. The highest BCUT2D eigenvalue weighted by molar-refractivity contribution is 6.30. The fraction of sp³-hybridized carbons (Fsp3) is 0.160. The first-order valence-electron chi connectivity index (χ1n) is 10.6. The highest BCUT2D eigenvalue weighted by Gasteiger charge is 2.31. The number of anilines is 1. The van der Waals surface area contributed by atoms with Crippen molar-refractivity contribution >= 4 is 23.2 Å². The minimum absolute atomic E-state index is 0.0347. The minimum Gasteiger partial charge on any atom is -0.460 e. The van der Waals surface area contributed by atoms with Crippen molar-refractivity contribution in [3.63, 3.8) is 0 Å². The maximum absolute atomic E-state index is 13.3. The number of benzene rings is 3. The van der Waals surface area contributed by atoms with Crippen molar-refractivity contribution in [2.24, 2.45) is 0 Å². The molecule has 4 aromatic rings. The second kappa shape index (κ2) is 9.79. The van der Waals surface area contributed by atoms with Crippen LogP contribution in [-0.4, -0.2) is 26.8 Å². The fourth-order valence-corrected chi connectivity index (χ4v) is 3.37. The quantitative estimate of drug-likeness (QED) is 0.322. The van der Waals surface area contributed by atoms with Crippen molar-refractivity contribution < 1.29 is 22.7 Å². The summed E-state index contributed by atoms with van der Waals surface area (Å²) in [5.41, 5.74) is 0.917. The largest absolute Gasteiger partial charge is 0.460 e. The van der Waals surface area contributed by atoms with E-state index in [0.717, 1.165) is 12.1 Å². The Morgan fingerprint density at radius 1 is 1.03 bits per heavy atom. The van der Waals surface area contributed by atoms with Crippen LogP contribution in [0, 0.1) is 0 Å². The van der Waals surface area contributed by atoms with E-state index < -0.39 is 11.7 Å².